The van der Waals surface area contributed by atoms with Gasteiger partial charge in [0.15, 0.2) is 17.3 Å². The van der Waals surface area contributed by atoms with Crippen LogP contribution in [0.15, 0.2) is 67.0 Å². The molecule has 12 nitrogen and oxygen atoms in total. The average molecular weight is 690 g/mol. The van der Waals surface area contributed by atoms with Crippen molar-refractivity contribution in [3.8, 4) is 11.6 Å². The van der Waals surface area contributed by atoms with Gasteiger partial charge in [-0.3, -0.25) is 19.8 Å². The van der Waals surface area contributed by atoms with E-state index in [1.807, 2.05) is 6.07 Å². The summed E-state index contributed by atoms with van der Waals surface area (Å²) in [4.78, 5) is 42.8. The summed E-state index contributed by atoms with van der Waals surface area (Å²) in [7, 11) is 0. The second-order valence-corrected chi connectivity index (χ2v) is 12.5. The maximum absolute atomic E-state index is 15.3. The van der Waals surface area contributed by atoms with Gasteiger partial charge in [-0.05, 0) is 93.6 Å². The first-order valence-corrected chi connectivity index (χ1v) is 16.5. The molecule has 1 fully saturated rings. The fourth-order valence-electron chi connectivity index (χ4n) is 5.83. The number of carbonyl (C=O) groups is 3. The smallest absolute Gasteiger partial charge is 0.325 e. The van der Waals surface area contributed by atoms with E-state index in [0.29, 0.717) is 43.3 Å². The van der Waals surface area contributed by atoms with Gasteiger partial charge in [-0.15, -0.1) is 0 Å². The zero-order chi connectivity index (χ0) is 35.8. The molecule has 1 aliphatic heterocycles. The molecule has 5 N–H and O–H groups in total. The molecule has 1 unspecified atom stereocenters. The monoisotopic (exact) mass is 689 g/mol. The van der Waals surface area contributed by atoms with Crippen LogP contribution in [0, 0.1) is 11.6 Å². The average Bonchev–Trinajstić information content (AvgIpc) is 3.43. The highest BCUT2D eigenvalue weighted by Crippen LogP contribution is 2.32. The normalized spacial score (nSPS) is 14.3. The van der Waals surface area contributed by atoms with Gasteiger partial charge in [0, 0.05) is 35.6 Å². The number of urea groups is 1. The number of aromatic nitrogens is 3. The minimum Gasteiger partial charge on any atom is -0.434 e. The minimum absolute atomic E-state index is 0.0840. The predicted octanol–water partition coefficient (Wildman–Crippen LogP) is 4.83. The zero-order valence-electron chi connectivity index (χ0n) is 27.8. The third-order valence-corrected chi connectivity index (χ3v) is 8.64. The molecular formula is C36H41F2N7O5. The first-order valence-electron chi connectivity index (χ1n) is 16.5. The number of hydrogen-bond donors (Lipinski definition) is 4. The Labute approximate surface area is 288 Å². The lowest BCUT2D eigenvalue weighted by atomic mass is 10.0. The number of aliphatic hydroxyl groups excluding tert-OH is 1. The number of benzene rings is 2. The van der Waals surface area contributed by atoms with Crippen LogP contribution in [0.3, 0.4) is 0 Å². The summed E-state index contributed by atoms with van der Waals surface area (Å²) >= 11 is 0. The van der Waals surface area contributed by atoms with Crippen molar-refractivity contribution in [3.05, 3.63) is 95.5 Å². The van der Waals surface area contributed by atoms with Gasteiger partial charge in [-0.25, -0.2) is 18.1 Å². The number of carbonyl (C=O) groups excluding carboxylic acids is 3. The maximum Gasteiger partial charge on any atom is 0.325 e. The minimum atomic E-state index is -0.888. The molecule has 0 spiro atoms. The summed E-state index contributed by atoms with van der Waals surface area (Å²) in [5, 5.41) is 19.3. The number of nitrogens with zero attached hydrogens (tertiary/aromatic N) is 4. The van der Waals surface area contributed by atoms with Crippen molar-refractivity contribution in [2.45, 2.75) is 70.6 Å². The van der Waals surface area contributed by atoms with E-state index in [-0.39, 0.29) is 41.1 Å². The number of nitrogens with two attached hydrogens (primary N) is 1. The molecule has 0 aliphatic carbocycles. The third kappa shape index (κ3) is 9.55. The van der Waals surface area contributed by atoms with Crippen LogP contribution in [0.1, 0.15) is 55.8 Å². The molecule has 1 aliphatic rings. The van der Waals surface area contributed by atoms with Crippen molar-refractivity contribution < 1.29 is 33.0 Å². The van der Waals surface area contributed by atoms with Crippen LogP contribution in [0.5, 0.6) is 11.6 Å². The Morgan fingerprint density at radius 1 is 1.10 bits per heavy atom. The number of ketones is 1. The molecule has 3 heterocycles. The number of ether oxygens (including phenoxy) is 1. The van der Waals surface area contributed by atoms with Crippen LogP contribution in [-0.4, -0.2) is 67.6 Å². The van der Waals surface area contributed by atoms with E-state index in [1.54, 1.807) is 4.52 Å². The van der Waals surface area contributed by atoms with E-state index in [2.05, 4.69) is 32.2 Å². The second-order valence-electron chi connectivity index (χ2n) is 12.5. The number of piperidine rings is 1. The maximum atomic E-state index is 15.3. The molecule has 264 valence electrons. The standard InChI is InChI=1S/C36H41F2N7O5/c1-22(23(2)46)31(47)6-4-3-5-29-18-25(20-44-15-13-27(39)14-16-44)34-35(40-21-41-45(29)34)50-32-12-11-28(19-30(32)38)42-36(49)43-33(48)17-24-7-9-26(37)10-8-24/h7-12,18-19,21,27,31,47H,1,3-6,13-17,20,39H2,2H3,(H2,42,43,48,49). The largest absolute Gasteiger partial charge is 0.434 e. The fourth-order valence-corrected chi connectivity index (χ4v) is 5.83. The van der Waals surface area contributed by atoms with Gasteiger partial charge >= 0.3 is 6.03 Å². The topological polar surface area (TPSA) is 164 Å². The van der Waals surface area contributed by atoms with Gasteiger partial charge in [0.05, 0.1) is 12.5 Å². The quantitative estimate of drug-likeness (QED) is 0.107. The molecule has 0 radical (unpaired) electrons. The van der Waals surface area contributed by atoms with Gasteiger partial charge in [-0.1, -0.05) is 25.1 Å². The van der Waals surface area contributed by atoms with Gasteiger partial charge in [0.2, 0.25) is 11.8 Å². The number of likely N-dealkylation sites (tertiary alicyclic amines) is 1. The molecule has 3 amide bonds. The van der Waals surface area contributed by atoms with E-state index in [4.69, 9.17) is 10.5 Å². The number of amides is 3. The Morgan fingerprint density at radius 2 is 1.84 bits per heavy atom. The van der Waals surface area contributed by atoms with Crippen LogP contribution in [0.2, 0.25) is 0 Å². The summed E-state index contributed by atoms with van der Waals surface area (Å²) < 4.78 is 36.2. The molecule has 50 heavy (non-hydrogen) atoms. The van der Waals surface area contributed by atoms with Crippen LogP contribution < -0.4 is 21.1 Å². The SMILES string of the molecule is C=C(C(C)=O)C(O)CCCCc1cc(CN2CCC(N)CC2)c2c(Oc3ccc(NC(=O)NC(=O)Cc4ccc(F)cc4)cc3F)ncnn12. The van der Waals surface area contributed by atoms with E-state index < -0.39 is 29.7 Å². The highest BCUT2D eigenvalue weighted by atomic mass is 19.1. The number of fused-ring (bicyclic) bond motifs is 1. The van der Waals surface area contributed by atoms with Crippen molar-refractivity contribution >= 4 is 28.9 Å². The number of unbranched alkanes of at least 4 members (excludes halogenated alkanes) is 1. The van der Waals surface area contributed by atoms with Crippen LogP contribution >= 0.6 is 0 Å². The molecule has 2 aromatic heterocycles. The predicted molar refractivity (Wildman–Crippen MR) is 183 cm³/mol. The summed E-state index contributed by atoms with van der Waals surface area (Å²) in [6.45, 7) is 7.28. The van der Waals surface area contributed by atoms with Crippen molar-refractivity contribution in [2.24, 2.45) is 5.73 Å². The number of aryl methyl sites for hydroxylation is 1. The molecule has 0 bridgehead atoms. The lowest BCUT2D eigenvalue weighted by Gasteiger charge is -2.29. The summed E-state index contributed by atoms with van der Waals surface area (Å²) in [5.74, 6) is -2.06. The Balaban J connectivity index is 1.29. The van der Waals surface area contributed by atoms with E-state index >= 15 is 4.39 Å². The number of nitrogens with one attached hydrogen (secondary N) is 2. The first kappa shape index (κ1) is 36.2. The number of Topliss-reactive ketones (excluding diaryl/α,β-unsaturated/α-hetero) is 1. The van der Waals surface area contributed by atoms with Crippen LogP contribution in [-0.2, 0) is 29.0 Å². The molecule has 0 saturated carbocycles. The molecule has 4 aromatic rings. The molecule has 5 rings (SSSR count). The van der Waals surface area contributed by atoms with Crippen molar-refractivity contribution in [1.82, 2.24) is 24.8 Å². The van der Waals surface area contributed by atoms with Crippen LogP contribution in [0.25, 0.3) is 5.52 Å². The van der Waals surface area contributed by atoms with Crippen LogP contribution in [0.4, 0.5) is 19.3 Å². The van der Waals surface area contributed by atoms with E-state index in [9.17, 15) is 23.9 Å². The first-order chi connectivity index (χ1) is 24.0. The molecule has 1 saturated heterocycles. The molecule has 14 heteroatoms. The Hall–Kier alpha value is -5.05. The Kier molecular flexibility index (Phi) is 12.0. The number of hydrogen-bond acceptors (Lipinski definition) is 9. The molecule has 2 aromatic carbocycles. The third-order valence-electron chi connectivity index (χ3n) is 8.64. The summed E-state index contributed by atoms with van der Waals surface area (Å²) in [6.07, 6.45) is 4.43. The second kappa shape index (κ2) is 16.6. The molecular weight excluding hydrogens is 648 g/mol. The number of aliphatic hydroxyl groups is 1. The van der Waals surface area contributed by atoms with Crippen molar-refractivity contribution in [1.29, 1.82) is 0 Å². The van der Waals surface area contributed by atoms with Gasteiger partial charge in [-0.2, -0.15) is 10.1 Å². The van der Waals surface area contributed by atoms with E-state index in [0.717, 1.165) is 43.3 Å². The van der Waals surface area contributed by atoms with Crippen molar-refractivity contribution in [2.75, 3.05) is 18.4 Å². The van der Waals surface area contributed by atoms with Gasteiger partial charge < -0.3 is 20.9 Å². The Bertz CT molecular complexity index is 1860. The molecule has 1 atom stereocenters. The zero-order valence-corrected chi connectivity index (χ0v) is 27.8. The number of anilines is 1. The number of imide groups is 1. The highest BCUT2D eigenvalue weighted by Gasteiger charge is 2.23. The summed E-state index contributed by atoms with van der Waals surface area (Å²) in [6, 6.07) is 10.5. The Morgan fingerprint density at radius 3 is 2.54 bits per heavy atom. The summed E-state index contributed by atoms with van der Waals surface area (Å²) in [5.41, 5.74) is 9.30. The van der Waals surface area contributed by atoms with E-state index in [1.165, 1.54) is 49.6 Å². The fraction of sp³-hybridized carbons (Fsp3) is 0.361. The highest BCUT2D eigenvalue weighted by molar-refractivity contribution is 6.01. The lowest BCUT2D eigenvalue weighted by Crippen LogP contribution is -2.39. The number of halogens is 2. The van der Waals surface area contributed by atoms with Gasteiger partial charge in [0.1, 0.15) is 17.7 Å². The number of rotatable bonds is 14. The van der Waals surface area contributed by atoms with Crippen molar-refractivity contribution in [3.63, 3.8) is 0 Å². The van der Waals surface area contributed by atoms with Gasteiger partial charge in [0.25, 0.3) is 0 Å². The lowest BCUT2D eigenvalue weighted by molar-refractivity contribution is -0.119.